The van der Waals surface area contributed by atoms with Gasteiger partial charge in [-0.1, -0.05) is 6.07 Å². The normalized spacial score (nSPS) is 20.4. The first-order chi connectivity index (χ1) is 22.5. The second kappa shape index (κ2) is 12.5. The molecule has 0 aromatic heterocycles. The average molecular weight is 715 g/mol. The van der Waals surface area contributed by atoms with Gasteiger partial charge in [0.1, 0.15) is 11.4 Å². The molecule has 266 valence electrons. The summed E-state index contributed by atoms with van der Waals surface area (Å²) in [7, 11) is -2.75. The van der Waals surface area contributed by atoms with E-state index in [1.807, 2.05) is 0 Å². The Labute approximate surface area is 279 Å². The Balaban J connectivity index is 1.31. The first-order valence-corrected chi connectivity index (χ1v) is 17.0. The summed E-state index contributed by atoms with van der Waals surface area (Å²) in [6.07, 6.45) is -8.40. The molecule has 9 nitrogen and oxygen atoms in total. The first-order valence-electron chi connectivity index (χ1n) is 15.5. The van der Waals surface area contributed by atoms with E-state index in [-0.39, 0.29) is 43.2 Å². The van der Waals surface area contributed by atoms with Gasteiger partial charge in [0.05, 0.1) is 16.7 Å². The van der Waals surface area contributed by atoms with Crippen LogP contribution >= 0.6 is 0 Å². The number of aryl methyl sites for hydroxylation is 2. The predicted molar refractivity (Wildman–Crippen MR) is 169 cm³/mol. The van der Waals surface area contributed by atoms with Crippen molar-refractivity contribution in [3.63, 3.8) is 0 Å². The van der Waals surface area contributed by atoms with E-state index < -0.39 is 50.5 Å². The Morgan fingerprint density at radius 1 is 0.898 bits per heavy atom. The number of hydrogen-bond acceptors (Lipinski definition) is 6. The fraction of sp³-hybridized carbons (Fsp3) is 0.485. The Morgan fingerprint density at radius 3 is 1.98 bits per heavy atom. The van der Waals surface area contributed by atoms with E-state index in [9.17, 15) is 49.5 Å². The highest BCUT2D eigenvalue weighted by Gasteiger charge is 2.51. The third-order valence-corrected chi connectivity index (χ3v) is 11.1. The minimum Gasteiger partial charge on any atom is -0.390 e. The number of alkyl halides is 6. The number of amides is 2. The second-order valence-electron chi connectivity index (χ2n) is 13.1. The van der Waals surface area contributed by atoms with Crippen LogP contribution < -0.4 is 0 Å². The van der Waals surface area contributed by atoms with Crippen molar-refractivity contribution in [1.82, 2.24) is 14.1 Å². The summed E-state index contributed by atoms with van der Waals surface area (Å²) < 4.78 is 108. The standard InChI is InChI=1S/C33H36F6N4O5S/c1-20-17-23(28(44)42-12-8-30(3,46)9-13-42)18-21(2)24(20)7-16-49(47,48)43-14-10-31(11-15-43)29(45)41(4)27(40-31)22-5-6-25(32(34,35)36)26(19-22)33(37,38)39/h5-7,16-19,46H,8-15H2,1-4H3/b16-7+. The first kappa shape index (κ1) is 36.5. The summed E-state index contributed by atoms with van der Waals surface area (Å²) in [4.78, 5) is 33.5. The maximum absolute atomic E-state index is 13.6. The maximum Gasteiger partial charge on any atom is 0.417 e. The summed E-state index contributed by atoms with van der Waals surface area (Å²) >= 11 is 0. The number of piperidine rings is 2. The van der Waals surface area contributed by atoms with E-state index in [1.54, 1.807) is 37.8 Å². The number of carbonyl (C=O) groups is 2. The summed E-state index contributed by atoms with van der Waals surface area (Å²) in [5.74, 6) is -1.01. The number of aliphatic hydroxyl groups is 1. The molecule has 1 N–H and O–H groups in total. The van der Waals surface area contributed by atoms with Crippen molar-refractivity contribution in [3.05, 3.63) is 74.7 Å². The quantitative estimate of drug-likeness (QED) is 0.419. The van der Waals surface area contributed by atoms with Crippen LogP contribution in [0, 0.1) is 13.8 Å². The summed E-state index contributed by atoms with van der Waals surface area (Å²) in [5.41, 5.74) is -3.98. The van der Waals surface area contributed by atoms with Gasteiger partial charge in [-0.05, 0) is 93.5 Å². The van der Waals surface area contributed by atoms with Gasteiger partial charge in [0.15, 0.2) is 0 Å². The molecule has 2 aromatic carbocycles. The Kier molecular flexibility index (Phi) is 9.34. The van der Waals surface area contributed by atoms with Crippen LogP contribution in [0.25, 0.3) is 6.08 Å². The Morgan fingerprint density at radius 2 is 1.45 bits per heavy atom. The number of benzene rings is 2. The number of amidine groups is 1. The molecule has 2 amide bonds. The second-order valence-corrected chi connectivity index (χ2v) is 15.0. The van der Waals surface area contributed by atoms with Crippen LogP contribution in [-0.4, -0.2) is 89.6 Å². The van der Waals surface area contributed by atoms with Crippen molar-refractivity contribution in [2.75, 3.05) is 33.2 Å². The lowest BCUT2D eigenvalue weighted by molar-refractivity contribution is -0.162. The van der Waals surface area contributed by atoms with Gasteiger partial charge >= 0.3 is 12.4 Å². The number of nitrogens with zero attached hydrogens (tertiary/aromatic N) is 4. The molecule has 1 spiro atoms. The largest absolute Gasteiger partial charge is 0.417 e. The minimum absolute atomic E-state index is 0.0969. The molecule has 0 atom stereocenters. The van der Waals surface area contributed by atoms with E-state index >= 15 is 0 Å². The van der Waals surface area contributed by atoms with Crippen LogP contribution in [0.3, 0.4) is 0 Å². The van der Waals surface area contributed by atoms with Crippen molar-refractivity contribution in [1.29, 1.82) is 0 Å². The molecule has 2 saturated heterocycles. The van der Waals surface area contributed by atoms with E-state index in [4.69, 9.17) is 0 Å². The van der Waals surface area contributed by atoms with Crippen LogP contribution in [-0.2, 0) is 27.2 Å². The number of hydrogen-bond donors (Lipinski definition) is 1. The number of likely N-dealkylation sites (N-methyl/N-ethyl adjacent to an activating group) is 1. The molecule has 0 aliphatic carbocycles. The maximum atomic E-state index is 13.6. The molecule has 2 fully saturated rings. The molecule has 0 radical (unpaired) electrons. The number of rotatable bonds is 5. The molecule has 0 unspecified atom stereocenters. The molecule has 2 aromatic rings. The van der Waals surface area contributed by atoms with Crippen LogP contribution in [0.5, 0.6) is 0 Å². The zero-order chi connectivity index (χ0) is 36.3. The molecule has 16 heteroatoms. The number of sulfonamides is 1. The van der Waals surface area contributed by atoms with Crippen molar-refractivity contribution in [2.24, 2.45) is 4.99 Å². The average Bonchev–Trinajstić information content (AvgIpc) is 3.24. The zero-order valence-electron chi connectivity index (χ0n) is 27.2. The van der Waals surface area contributed by atoms with Crippen molar-refractivity contribution < 1.29 is 49.5 Å². The third-order valence-electron chi connectivity index (χ3n) is 9.51. The van der Waals surface area contributed by atoms with Gasteiger partial charge in [-0.15, -0.1) is 0 Å². The van der Waals surface area contributed by atoms with Gasteiger partial charge in [0.25, 0.3) is 11.8 Å². The minimum atomic E-state index is -5.32. The van der Waals surface area contributed by atoms with Crippen LogP contribution in [0.1, 0.15) is 76.3 Å². The monoisotopic (exact) mass is 714 g/mol. The van der Waals surface area contributed by atoms with Gasteiger partial charge in [-0.2, -0.15) is 30.6 Å². The SMILES string of the molecule is Cc1cc(C(=O)N2CCC(C)(O)CC2)cc(C)c1/C=C/S(=O)(=O)N1CCC2(CC1)N=C(c1ccc(C(F)(F)F)c(C(F)(F)F)c1)N(C)C2=O. The van der Waals surface area contributed by atoms with Gasteiger partial charge < -0.3 is 10.0 Å². The van der Waals surface area contributed by atoms with E-state index in [2.05, 4.69) is 4.99 Å². The molecule has 0 saturated carbocycles. The van der Waals surface area contributed by atoms with Crippen molar-refractivity contribution >= 4 is 33.7 Å². The number of halogens is 6. The molecule has 49 heavy (non-hydrogen) atoms. The van der Waals surface area contributed by atoms with Gasteiger partial charge in [-0.25, -0.2) is 8.42 Å². The molecule has 3 aliphatic heterocycles. The lowest BCUT2D eigenvalue weighted by atomic mass is 9.89. The highest BCUT2D eigenvalue weighted by Crippen LogP contribution is 2.42. The highest BCUT2D eigenvalue weighted by molar-refractivity contribution is 7.92. The smallest absolute Gasteiger partial charge is 0.390 e. The Bertz CT molecular complexity index is 1810. The van der Waals surface area contributed by atoms with Crippen LogP contribution in [0.15, 0.2) is 40.7 Å². The molecule has 5 rings (SSSR count). The van der Waals surface area contributed by atoms with Gasteiger partial charge in [0.2, 0.25) is 10.0 Å². The highest BCUT2D eigenvalue weighted by atomic mass is 32.2. The lowest BCUT2D eigenvalue weighted by Gasteiger charge is -2.36. The van der Waals surface area contributed by atoms with E-state index in [1.165, 1.54) is 13.1 Å². The molecule has 3 aliphatic rings. The van der Waals surface area contributed by atoms with Crippen LogP contribution in [0.4, 0.5) is 26.3 Å². The summed E-state index contributed by atoms with van der Waals surface area (Å²) in [6, 6.07) is 4.83. The van der Waals surface area contributed by atoms with Crippen LogP contribution in [0.2, 0.25) is 0 Å². The fourth-order valence-electron chi connectivity index (χ4n) is 6.57. The predicted octanol–water partition coefficient (Wildman–Crippen LogP) is 5.38. The zero-order valence-corrected chi connectivity index (χ0v) is 28.1. The topological polar surface area (TPSA) is 111 Å². The summed E-state index contributed by atoms with van der Waals surface area (Å²) in [6.45, 7) is 5.81. The number of likely N-dealkylation sites (tertiary alicyclic amines) is 1. The summed E-state index contributed by atoms with van der Waals surface area (Å²) in [5, 5.41) is 11.2. The van der Waals surface area contributed by atoms with Gasteiger partial charge in [0, 0.05) is 49.8 Å². The van der Waals surface area contributed by atoms with E-state index in [0.29, 0.717) is 60.3 Å². The molecular weight excluding hydrogens is 678 g/mol. The molecular formula is C33H36F6N4O5S. The number of aliphatic imine (C=N–C) groups is 1. The number of carbonyl (C=O) groups excluding carboxylic acids is 2. The van der Waals surface area contributed by atoms with Crippen molar-refractivity contribution in [2.45, 2.75) is 69.9 Å². The fourth-order valence-corrected chi connectivity index (χ4v) is 7.74. The molecule has 0 bridgehead atoms. The third kappa shape index (κ3) is 7.26. The van der Waals surface area contributed by atoms with Crippen molar-refractivity contribution in [3.8, 4) is 0 Å². The Hall–Kier alpha value is -3.76. The molecule has 3 heterocycles. The lowest BCUT2D eigenvalue weighted by Crippen LogP contribution is -2.50. The van der Waals surface area contributed by atoms with Gasteiger partial charge in [-0.3, -0.25) is 19.5 Å². The van der Waals surface area contributed by atoms with E-state index in [0.717, 1.165) is 20.7 Å².